The normalized spacial score (nSPS) is 36.0. The van der Waals surface area contributed by atoms with Crippen LogP contribution in [0.25, 0.3) is 0 Å². The Morgan fingerprint density at radius 2 is 1.94 bits per heavy atom. The fourth-order valence-electron chi connectivity index (χ4n) is 3.22. The number of carbonyl (C=O) groups is 2. The Labute approximate surface area is 94.3 Å². The van der Waals surface area contributed by atoms with E-state index < -0.39 is 17.8 Å². The van der Waals surface area contributed by atoms with Crippen molar-refractivity contribution in [3.8, 4) is 0 Å². The number of hydrogen-bond donors (Lipinski definition) is 1. The summed E-state index contributed by atoms with van der Waals surface area (Å²) < 4.78 is 4.99. The van der Waals surface area contributed by atoms with Crippen LogP contribution in [0.4, 0.5) is 0 Å². The molecule has 0 heterocycles. The second-order valence-corrected chi connectivity index (χ2v) is 4.64. The van der Waals surface area contributed by atoms with E-state index in [0.717, 1.165) is 19.3 Å². The summed E-state index contributed by atoms with van der Waals surface area (Å²) in [5, 5.41) is 9.15. The van der Waals surface area contributed by atoms with Gasteiger partial charge in [0.25, 0.3) is 0 Å². The van der Waals surface area contributed by atoms with Gasteiger partial charge < -0.3 is 9.84 Å². The molecule has 2 aliphatic rings. The minimum atomic E-state index is -0.854. The molecule has 2 fully saturated rings. The van der Waals surface area contributed by atoms with E-state index >= 15 is 0 Å². The summed E-state index contributed by atoms with van der Waals surface area (Å²) in [6.07, 6.45) is 4.26. The summed E-state index contributed by atoms with van der Waals surface area (Å²) >= 11 is 0. The molecule has 0 radical (unpaired) electrons. The average molecular weight is 224 g/mol. The monoisotopic (exact) mass is 224 g/mol. The lowest BCUT2D eigenvalue weighted by Gasteiger charge is -2.25. The van der Waals surface area contributed by atoms with Crippen LogP contribution < -0.4 is 0 Å². The molecule has 1 N–H and O–H groups in total. The van der Waals surface area contributed by atoms with Crippen LogP contribution in [0.2, 0.25) is 0 Å². The Morgan fingerprint density at radius 3 is 2.50 bits per heavy atom. The van der Waals surface area contributed by atoms with E-state index in [9.17, 15) is 9.59 Å². The fourth-order valence-corrected chi connectivity index (χ4v) is 3.22. The topological polar surface area (TPSA) is 63.6 Å². The molecule has 0 aromatic carbocycles. The van der Waals surface area contributed by atoms with Crippen molar-refractivity contribution in [2.75, 3.05) is 6.61 Å². The highest BCUT2D eigenvalue weighted by molar-refractivity contribution is 5.82. The van der Waals surface area contributed by atoms with Crippen molar-refractivity contribution in [1.29, 1.82) is 0 Å². The number of carboxylic acids is 1. The molecule has 2 unspecified atom stereocenters. The Balaban J connectivity index is 2.09. The van der Waals surface area contributed by atoms with Gasteiger partial charge >= 0.3 is 11.9 Å². The highest BCUT2D eigenvalue weighted by Crippen LogP contribution is 2.52. The summed E-state index contributed by atoms with van der Waals surface area (Å²) in [4.78, 5) is 22.9. The predicted octanol–water partition coefficient (Wildman–Crippen LogP) is 1.46. The number of hydrogen-bond acceptors (Lipinski definition) is 3. The molecular formula is C12H16O4. The highest BCUT2D eigenvalue weighted by Gasteiger charge is 2.54. The van der Waals surface area contributed by atoms with Crippen molar-refractivity contribution >= 4 is 11.9 Å². The number of carbonyl (C=O) groups excluding carboxylic acids is 1. The molecule has 0 aliphatic heterocycles. The van der Waals surface area contributed by atoms with Crippen molar-refractivity contribution in [2.24, 2.45) is 23.7 Å². The largest absolute Gasteiger partial charge is 0.481 e. The Hall–Kier alpha value is -1.32. The molecular weight excluding hydrogens is 208 g/mol. The lowest BCUT2D eigenvalue weighted by molar-refractivity contribution is -0.159. The van der Waals surface area contributed by atoms with E-state index in [1.54, 1.807) is 0 Å². The SMILES string of the molecule is C=CCOC(=O)[C@@H]1C2CCC(C2)[C@H]1C(=O)O. The Kier molecular flexibility index (Phi) is 2.99. The maximum atomic E-state index is 11.8. The molecule has 2 saturated carbocycles. The van der Waals surface area contributed by atoms with Gasteiger partial charge in [0.15, 0.2) is 0 Å². The molecule has 16 heavy (non-hydrogen) atoms. The number of ether oxygens (including phenoxy) is 1. The highest BCUT2D eigenvalue weighted by atomic mass is 16.5. The standard InChI is InChI=1S/C12H16O4/c1-2-5-16-12(15)10-8-4-3-7(6-8)9(10)11(13)14/h2,7-10H,1,3-6H2,(H,13,14)/t7?,8?,9-,10-/m1/s1. The summed E-state index contributed by atoms with van der Waals surface area (Å²) in [7, 11) is 0. The van der Waals surface area contributed by atoms with Crippen LogP contribution >= 0.6 is 0 Å². The molecule has 0 aromatic rings. The molecule has 0 aromatic heterocycles. The molecule has 4 atom stereocenters. The maximum absolute atomic E-state index is 11.8. The molecule has 88 valence electrons. The maximum Gasteiger partial charge on any atom is 0.310 e. The van der Waals surface area contributed by atoms with Gasteiger partial charge in [-0.2, -0.15) is 0 Å². The first-order chi connectivity index (χ1) is 7.65. The number of fused-ring (bicyclic) bond motifs is 2. The zero-order valence-corrected chi connectivity index (χ0v) is 9.09. The van der Waals surface area contributed by atoms with Crippen LogP contribution in [0.5, 0.6) is 0 Å². The first kappa shape index (κ1) is 11.2. The summed E-state index contributed by atoms with van der Waals surface area (Å²) in [6.45, 7) is 3.63. The Morgan fingerprint density at radius 1 is 1.31 bits per heavy atom. The van der Waals surface area contributed by atoms with Crippen LogP contribution in [0, 0.1) is 23.7 Å². The van der Waals surface area contributed by atoms with Crippen LogP contribution in [-0.4, -0.2) is 23.7 Å². The van der Waals surface area contributed by atoms with Gasteiger partial charge in [0.1, 0.15) is 6.61 Å². The third-order valence-corrected chi connectivity index (χ3v) is 3.82. The van der Waals surface area contributed by atoms with E-state index in [1.807, 2.05) is 0 Å². The average Bonchev–Trinajstić information content (AvgIpc) is 2.84. The van der Waals surface area contributed by atoms with Gasteiger partial charge in [0.2, 0.25) is 0 Å². The second kappa shape index (κ2) is 4.28. The number of esters is 1. The van der Waals surface area contributed by atoms with Crippen LogP contribution in [0.3, 0.4) is 0 Å². The predicted molar refractivity (Wildman–Crippen MR) is 56.6 cm³/mol. The number of rotatable bonds is 4. The molecule has 2 bridgehead atoms. The Bertz CT molecular complexity index is 323. The molecule has 0 spiro atoms. The van der Waals surface area contributed by atoms with Gasteiger partial charge in [0.05, 0.1) is 11.8 Å². The van der Waals surface area contributed by atoms with E-state index in [2.05, 4.69) is 6.58 Å². The van der Waals surface area contributed by atoms with Crippen LogP contribution in [-0.2, 0) is 14.3 Å². The molecule has 2 rings (SSSR count). The minimum Gasteiger partial charge on any atom is -0.481 e. The van der Waals surface area contributed by atoms with Crippen molar-refractivity contribution in [3.63, 3.8) is 0 Å². The van der Waals surface area contributed by atoms with Gasteiger partial charge in [-0.3, -0.25) is 9.59 Å². The quantitative estimate of drug-likeness (QED) is 0.580. The van der Waals surface area contributed by atoms with Crippen LogP contribution in [0.15, 0.2) is 12.7 Å². The van der Waals surface area contributed by atoms with Gasteiger partial charge in [0, 0.05) is 0 Å². The van der Waals surface area contributed by atoms with E-state index in [1.165, 1.54) is 6.08 Å². The van der Waals surface area contributed by atoms with Gasteiger partial charge in [-0.1, -0.05) is 12.7 Å². The van der Waals surface area contributed by atoms with Crippen molar-refractivity contribution < 1.29 is 19.4 Å². The smallest absolute Gasteiger partial charge is 0.310 e. The van der Waals surface area contributed by atoms with Gasteiger partial charge in [-0.25, -0.2) is 0 Å². The molecule has 2 aliphatic carbocycles. The van der Waals surface area contributed by atoms with E-state index in [-0.39, 0.29) is 24.4 Å². The second-order valence-electron chi connectivity index (χ2n) is 4.64. The molecule has 0 amide bonds. The van der Waals surface area contributed by atoms with Gasteiger partial charge in [-0.15, -0.1) is 0 Å². The lowest BCUT2D eigenvalue weighted by Crippen LogP contribution is -2.35. The number of carboxylic acid groups (broad SMARTS) is 1. The van der Waals surface area contributed by atoms with Gasteiger partial charge in [-0.05, 0) is 31.1 Å². The zero-order valence-electron chi connectivity index (χ0n) is 9.09. The fraction of sp³-hybridized carbons (Fsp3) is 0.667. The summed E-state index contributed by atoms with van der Waals surface area (Å²) in [5.41, 5.74) is 0. The first-order valence-corrected chi connectivity index (χ1v) is 5.65. The third kappa shape index (κ3) is 1.72. The lowest BCUT2D eigenvalue weighted by atomic mass is 9.79. The number of aliphatic carboxylic acids is 1. The van der Waals surface area contributed by atoms with Crippen LogP contribution in [0.1, 0.15) is 19.3 Å². The molecule has 0 saturated heterocycles. The van der Waals surface area contributed by atoms with Crippen molar-refractivity contribution in [2.45, 2.75) is 19.3 Å². The van der Waals surface area contributed by atoms with E-state index in [4.69, 9.17) is 9.84 Å². The first-order valence-electron chi connectivity index (χ1n) is 5.65. The molecule has 4 nitrogen and oxygen atoms in total. The van der Waals surface area contributed by atoms with Crippen molar-refractivity contribution in [3.05, 3.63) is 12.7 Å². The third-order valence-electron chi connectivity index (χ3n) is 3.82. The summed E-state index contributed by atoms with van der Waals surface area (Å²) in [5.74, 6) is -1.80. The minimum absolute atomic E-state index is 0.166. The van der Waals surface area contributed by atoms with Crippen molar-refractivity contribution in [1.82, 2.24) is 0 Å². The zero-order chi connectivity index (χ0) is 11.7. The van der Waals surface area contributed by atoms with E-state index in [0.29, 0.717) is 0 Å². The summed E-state index contributed by atoms with van der Waals surface area (Å²) in [6, 6.07) is 0. The molecule has 4 heteroatoms.